The van der Waals surface area contributed by atoms with Gasteiger partial charge in [-0.3, -0.25) is 0 Å². The van der Waals surface area contributed by atoms with Crippen molar-refractivity contribution in [2.24, 2.45) is 5.92 Å². The maximum Gasteiger partial charge on any atom is 0.0400 e. The van der Waals surface area contributed by atoms with Gasteiger partial charge in [-0.15, -0.1) is 11.8 Å². The Morgan fingerprint density at radius 2 is 1.40 bits per heavy atom. The third-order valence-corrected chi connectivity index (χ3v) is 11.2. The lowest BCUT2D eigenvalue weighted by Gasteiger charge is -2.21. The summed E-state index contributed by atoms with van der Waals surface area (Å²) in [7, 11) is -0.337. The molecular weight excluding hydrogens is 339 g/mol. The Morgan fingerprint density at radius 3 is 2.04 bits per heavy atom. The van der Waals surface area contributed by atoms with Gasteiger partial charge in [0.25, 0.3) is 0 Å². The summed E-state index contributed by atoms with van der Waals surface area (Å²) in [5, 5.41) is 6.14. The van der Waals surface area contributed by atoms with Crippen LogP contribution in [0.4, 0.5) is 0 Å². The number of fused-ring (bicyclic) bond motifs is 4. The number of hydrogen-bond donors (Lipinski definition) is 0. The molecule has 1 aliphatic carbocycles. The van der Waals surface area contributed by atoms with E-state index in [-0.39, 0.29) is 7.53 Å². The van der Waals surface area contributed by atoms with Gasteiger partial charge in [0, 0.05) is 25.5 Å². The fraction of sp³-hybridized carbons (Fsp3) is 0.217. The van der Waals surface area contributed by atoms with Crippen molar-refractivity contribution in [3.8, 4) is 0 Å². The minimum Gasteiger partial charge on any atom is -0.117 e. The van der Waals surface area contributed by atoms with Crippen molar-refractivity contribution in [3.05, 3.63) is 78.4 Å². The van der Waals surface area contributed by atoms with E-state index in [9.17, 15) is 0 Å². The van der Waals surface area contributed by atoms with Gasteiger partial charge in [0.15, 0.2) is 0 Å². The van der Waals surface area contributed by atoms with E-state index in [0.29, 0.717) is 10.4 Å². The summed E-state index contributed by atoms with van der Waals surface area (Å²) in [6.45, 7) is 2.45. The van der Waals surface area contributed by atoms with Crippen LogP contribution < -0.4 is 0 Å². The topological polar surface area (TPSA) is 0 Å². The molecule has 2 heterocycles. The van der Waals surface area contributed by atoms with Crippen LogP contribution in [0.3, 0.4) is 0 Å². The van der Waals surface area contributed by atoms with Crippen LogP contribution in [0.2, 0.25) is 0 Å². The Hall–Kier alpha value is -1.69. The van der Waals surface area contributed by atoms with Crippen molar-refractivity contribution in [1.82, 2.24) is 0 Å². The SMILES string of the molecule is CC1C[C@]12Sc1ccccc1C2p1c2ccccc2c2ccccc21. The highest BCUT2D eigenvalue weighted by molar-refractivity contribution is 8.01. The van der Waals surface area contributed by atoms with Gasteiger partial charge in [-0.2, -0.15) is 0 Å². The van der Waals surface area contributed by atoms with E-state index in [0.717, 1.165) is 5.92 Å². The molecule has 3 aromatic carbocycles. The van der Waals surface area contributed by atoms with Gasteiger partial charge in [0.1, 0.15) is 0 Å². The third-order valence-electron chi connectivity index (χ3n) is 6.15. The van der Waals surface area contributed by atoms with Gasteiger partial charge in [0.05, 0.1) is 0 Å². The van der Waals surface area contributed by atoms with E-state index in [1.807, 2.05) is 0 Å². The zero-order valence-corrected chi connectivity index (χ0v) is 15.9. The summed E-state index contributed by atoms with van der Waals surface area (Å²) in [6.07, 6.45) is 1.36. The normalized spacial score (nSPS) is 27.2. The molecule has 0 saturated heterocycles. The quantitative estimate of drug-likeness (QED) is 0.340. The summed E-state index contributed by atoms with van der Waals surface area (Å²) in [6, 6.07) is 27.5. The minimum atomic E-state index is -0.337. The predicted octanol–water partition coefficient (Wildman–Crippen LogP) is 7.45. The molecule has 4 aromatic rings. The molecule has 25 heavy (non-hydrogen) atoms. The Kier molecular flexibility index (Phi) is 2.86. The average Bonchev–Trinajstić information content (AvgIpc) is 3.02. The molecule has 0 amide bonds. The van der Waals surface area contributed by atoms with Crippen LogP contribution in [-0.4, -0.2) is 4.75 Å². The second-order valence-corrected chi connectivity index (χ2v) is 11.1. The average molecular weight is 358 g/mol. The van der Waals surface area contributed by atoms with E-state index >= 15 is 0 Å². The van der Waals surface area contributed by atoms with Gasteiger partial charge in [-0.1, -0.05) is 81.2 Å². The summed E-state index contributed by atoms with van der Waals surface area (Å²) < 4.78 is 0.431. The van der Waals surface area contributed by atoms with Crippen molar-refractivity contribution in [1.29, 1.82) is 0 Å². The van der Waals surface area contributed by atoms with Crippen LogP contribution in [0.1, 0.15) is 24.6 Å². The highest BCUT2D eigenvalue weighted by Gasteiger charge is 2.62. The monoisotopic (exact) mass is 358 g/mol. The highest BCUT2D eigenvalue weighted by atomic mass is 32.2. The van der Waals surface area contributed by atoms with Crippen molar-refractivity contribution in [2.45, 2.75) is 28.6 Å². The zero-order valence-electron chi connectivity index (χ0n) is 14.1. The van der Waals surface area contributed by atoms with E-state index in [2.05, 4.69) is 91.5 Å². The Balaban J connectivity index is 1.74. The molecule has 2 aliphatic rings. The Morgan fingerprint density at radius 1 is 0.840 bits per heavy atom. The highest BCUT2D eigenvalue weighted by Crippen LogP contribution is 2.77. The maximum absolute atomic E-state index is 2.45. The van der Waals surface area contributed by atoms with Gasteiger partial charge >= 0.3 is 0 Å². The van der Waals surface area contributed by atoms with Crippen molar-refractivity contribution in [3.63, 3.8) is 0 Å². The molecule has 3 atom stereocenters. The van der Waals surface area contributed by atoms with Gasteiger partial charge in [-0.25, -0.2) is 0 Å². The number of thioether (sulfide) groups is 1. The first-order valence-corrected chi connectivity index (χ1v) is 11.3. The van der Waals surface area contributed by atoms with Crippen molar-refractivity contribution in [2.75, 3.05) is 0 Å². The molecule has 1 aromatic heterocycles. The summed E-state index contributed by atoms with van der Waals surface area (Å²) >= 11 is 2.17. The fourth-order valence-corrected chi connectivity index (χ4v) is 10.6. The predicted molar refractivity (Wildman–Crippen MR) is 111 cm³/mol. The van der Waals surface area contributed by atoms with Crippen LogP contribution in [0.25, 0.3) is 21.0 Å². The first-order chi connectivity index (χ1) is 12.3. The van der Waals surface area contributed by atoms with Crippen LogP contribution in [-0.2, 0) is 0 Å². The molecule has 1 fully saturated rings. The van der Waals surface area contributed by atoms with Crippen LogP contribution >= 0.6 is 19.3 Å². The van der Waals surface area contributed by atoms with Gasteiger partial charge < -0.3 is 0 Å². The Bertz CT molecular complexity index is 1090. The second kappa shape index (κ2) is 4.93. The lowest BCUT2D eigenvalue weighted by Crippen LogP contribution is -2.09. The molecule has 6 rings (SSSR count). The van der Waals surface area contributed by atoms with Gasteiger partial charge in [-0.05, 0) is 34.7 Å². The standard InChI is InChI=1S/C23H19PS/c1-15-14-23(15)22(18-10-4-7-13-21(18)25-23)24-19-11-5-2-8-16(19)17-9-3-6-12-20(17)24/h2-13,15,22H,14H2,1H3/t15?,22?,23-/m0/s1. The fourth-order valence-electron chi connectivity index (χ4n) is 4.85. The van der Waals surface area contributed by atoms with Crippen LogP contribution in [0, 0.1) is 5.92 Å². The Labute approximate surface area is 153 Å². The summed E-state index contributed by atoms with van der Waals surface area (Å²) in [4.78, 5) is 1.53. The van der Waals surface area contributed by atoms with Crippen LogP contribution in [0.15, 0.2) is 77.7 Å². The number of rotatable bonds is 1. The molecule has 0 radical (unpaired) electrons. The molecular formula is C23H19PS. The van der Waals surface area contributed by atoms with Crippen LogP contribution in [0.5, 0.6) is 0 Å². The minimum absolute atomic E-state index is 0.337. The smallest absolute Gasteiger partial charge is 0.0400 e. The molecule has 1 spiro atoms. The van der Waals surface area contributed by atoms with E-state index in [4.69, 9.17) is 0 Å². The molecule has 0 nitrogen and oxygen atoms in total. The van der Waals surface area contributed by atoms with E-state index in [1.54, 1.807) is 15.8 Å². The third kappa shape index (κ3) is 1.81. The number of hydrogen-bond acceptors (Lipinski definition) is 1. The second-order valence-electron chi connectivity index (χ2n) is 7.51. The lowest BCUT2D eigenvalue weighted by molar-refractivity contribution is 0.790. The van der Waals surface area contributed by atoms with Crippen molar-refractivity contribution < 1.29 is 0 Å². The summed E-state index contributed by atoms with van der Waals surface area (Å²) in [5.41, 5.74) is 2.26. The molecule has 1 saturated carbocycles. The van der Waals surface area contributed by atoms with Crippen molar-refractivity contribution >= 4 is 40.3 Å². The number of benzene rings is 3. The molecule has 122 valence electrons. The largest absolute Gasteiger partial charge is 0.117 e. The molecule has 0 N–H and O–H groups in total. The summed E-state index contributed by atoms with van der Waals surface area (Å²) in [5.74, 6) is 0.817. The molecule has 1 aliphatic heterocycles. The molecule has 0 bridgehead atoms. The molecule has 2 heteroatoms. The first kappa shape index (κ1) is 14.5. The lowest BCUT2D eigenvalue weighted by atomic mass is 10.1. The van der Waals surface area contributed by atoms with E-state index in [1.165, 1.54) is 22.1 Å². The van der Waals surface area contributed by atoms with E-state index < -0.39 is 0 Å². The molecule has 2 unspecified atom stereocenters. The zero-order chi connectivity index (χ0) is 16.6. The maximum atomic E-state index is 2.45. The van der Waals surface area contributed by atoms with Gasteiger partial charge in [0.2, 0.25) is 0 Å². The first-order valence-electron chi connectivity index (χ1n) is 9.05.